The lowest BCUT2D eigenvalue weighted by molar-refractivity contribution is 1.11. The molecule has 0 saturated heterocycles. The minimum Gasteiger partial charge on any atom is -0.308 e. The molecule has 0 fully saturated rings. The highest BCUT2D eigenvalue weighted by molar-refractivity contribution is 6.14. The molecule has 0 atom stereocenters. The predicted octanol–water partition coefficient (Wildman–Crippen LogP) is 14.8. The number of para-hydroxylation sites is 4. The van der Waals surface area contributed by atoms with Gasteiger partial charge < -0.3 is 9.13 Å². The largest absolute Gasteiger partial charge is 0.308 e. The molecule has 0 radical (unpaired) electrons. The van der Waals surface area contributed by atoms with Gasteiger partial charge in [0.15, 0.2) is 0 Å². The van der Waals surface area contributed by atoms with Gasteiger partial charge in [-0.1, -0.05) is 157 Å². The summed E-state index contributed by atoms with van der Waals surface area (Å²) in [4.78, 5) is 0. The van der Waals surface area contributed by atoms with Crippen molar-refractivity contribution in [2.24, 2.45) is 0 Å². The van der Waals surface area contributed by atoms with E-state index in [0.717, 1.165) is 111 Å². The molecule has 0 unspecified atom stereocenters. The molecule has 11 rings (SSSR count). The lowest BCUT2D eigenvalue weighted by Crippen LogP contribution is -2.11. The standard InChI is InChI=1S/C59H37N5/c1-37-31-32-40(35-61)50(33-37)43-20-6-7-25-48(43)56-38(2)58(63-52-27-13-9-21-44(52)45-22-10-14-28-53(45)63)57(49-26-8-5-19-42(49)41-18-4-3-17-39(41)34-60)59(51(56)36-62)64-54-29-15-11-23-46(54)47-24-12-16-30-55(47)64/h3-33H,1-2H3. The Morgan fingerprint density at radius 2 is 0.734 bits per heavy atom. The summed E-state index contributed by atoms with van der Waals surface area (Å²) >= 11 is 0. The van der Waals surface area contributed by atoms with Crippen LogP contribution in [0.1, 0.15) is 27.8 Å². The number of rotatable bonds is 6. The molecule has 0 aliphatic heterocycles. The predicted molar refractivity (Wildman–Crippen MR) is 260 cm³/mol. The molecule has 2 aromatic heterocycles. The maximum Gasteiger partial charge on any atom is 0.102 e. The summed E-state index contributed by atoms with van der Waals surface area (Å²) in [6.45, 7) is 4.18. The minimum atomic E-state index is 0.491. The van der Waals surface area contributed by atoms with Crippen molar-refractivity contribution >= 4 is 43.6 Å². The Balaban J connectivity index is 1.45. The fraction of sp³-hybridized carbons (Fsp3) is 0.0339. The number of hydrogen-bond acceptors (Lipinski definition) is 3. The van der Waals surface area contributed by atoms with Gasteiger partial charge in [0.1, 0.15) is 6.07 Å². The molecule has 64 heavy (non-hydrogen) atoms. The van der Waals surface area contributed by atoms with Crippen LogP contribution >= 0.6 is 0 Å². The van der Waals surface area contributed by atoms with Crippen molar-refractivity contribution < 1.29 is 0 Å². The van der Waals surface area contributed by atoms with E-state index in [1.807, 2.05) is 67.6 Å². The van der Waals surface area contributed by atoms with Crippen molar-refractivity contribution in [2.75, 3.05) is 0 Å². The lowest BCUT2D eigenvalue weighted by Gasteiger charge is -2.28. The molecular weight excluding hydrogens is 779 g/mol. The quantitative estimate of drug-likeness (QED) is 0.168. The van der Waals surface area contributed by atoms with Crippen molar-refractivity contribution in [1.29, 1.82) is 15.8 Å². The van der Waals surface area contributed by atoms with Gasteiger partial charge in [-0.15, -0.1) is 0 Å². The first-order valence-electron chi connectivity index (χ1n) is 21.3. The van der Waals surface area contributed by atoms with Gasteiger partial charge in [0.25, 0.3) is 0 Å². The van der Waals surface area contributed by atoms with E-state index in [2.05, 4.69) is 162 Å². The Morgan fingerprint density at radius 3 is 1.23 bits per heavy atom. The van der Waals surface area contributed by atoms with E-state index in [0.29, 0.717) is 16.7 Å². The first-order valence-corrected chi connectivity index (χ1v) is 21.3. The molecule has 0 N–H and O–H groups in total. The maximum atomic E-state index is 12.1. The fourth-order valence-corrected chi connectivity index (χ4v) is 10.0. The van der Waals surface area contributed by atoms with Gasteiger partial charge in [-0.25, -0.2) is 0 Å². The molecule has 2 heterocycles. The molecule has 11 aromatic rings. The van der Waals surface area contributed by atoms with Gasteiger partial charge in [-0.2, -0.15) is 15.8 Å². The molecule has 5 nitrogen and oxygen atoms in total. The third-order valence-electron chi connectivity index (χ3n) is 12.7. The summed E-state index contributed by atoms with van der Waals surface area (Å²) < 4.78 is 4.65. The van der Waals surface area contributed by atoms with Crippen LogP contribution in [0.2, 0.25) is 0 Å². The number of nitrogens with zero attached hydrogens (tertiary/aromatic N) is 5. The van der Waals surface area contributed by atoms with Crippen molar-refractivity contribution in [3.8, 4) is 74.1 Å². The molecule has 298 valence electrons. The molecule has 0 amide bonds. The Kier molecular flexibility index (Phi) is 9.02. The van der Waals surface area contributed by atoms with Crippen molar-refractivity contribution in [1.82, 2.24) is 9.13 Å². The first kappa shape index (κ1) is 38.0. The highest BCUT2D eigenvalue weighted by atomic mass is 15.0. The second-order valence-electron chi connectivity index (χ2n) is 16.2. The van der Waals surface area contributed by atoms with Gasteiger partial charge in [0.05, 0.1) is 62.3 Å². The Morgan fingerprint density at radius 1 is 0.344 bits per heavy atom. The fourth-order valence-electron chi connectivity index (χ4n) is 10.0. The van der Waals surface area contributed by atoms with E-state index in [1.54, 1.807) is 0 Å². The normalized spacial score (nSPS) is 11.2. The molecule has 0 aliphatic rings. The molecule has 0 aliphatic carbocycles. The summed E-state index contributed by atoms with van der Waals surface area (Å²) in [5, 5.41) is 37.5. The van der Waals surface area contributed by atoms with E-state index in [9.17, 15) is 15.8 Å². The third-order valence-corrected chi connectivity index (χ3v) is 12.7. The van der Waals surface area contributed by atoms with Gasteiger partial charge in [0, 0.05) is 43.8 Å². The summed E-state index contributed by atoms with van der Waals surface area (Å²) in [5.41, 5.74) is 15.8. The third kappa shape index (κ3) is 5.68. The van der Waals surface area contributed by atoms with Gasteiger partial charge in [-0.05, 0) is 78.1 Å². The highest BCUT2D eigenvalue weighted by Crippen LogP contribution is 2.51. The van der Waals surface area contributed by atoms with Gasteiger partial charge >= 0.3 is 0 Å². The maximum absolute atomic E-state index is 12.1. The number of fused-ring (bicyclic) bond motifs is 6. The second kappa shape index (κ2) is 15.2. The molecule has 0 spiro atoms. The SMILES string of the molecule is Cc1ccc(C#N)c(-c2ccccc2-c2c(C)c(-n3c4ccccc4c4ccccc43)c(-c3ccccc3-c3ccccc3C#N)c(-n3c4ccccc4c4ccccc43)c2C#N)c1. The summed E-state index contributed by atoms with van der Waals surface area (Å²) in [6, 6.07) is 71.7. The van der Waals surface area contributed by atoms with Crippen LogP contribution in [0.3, 0.4) is 0 Å². The van der Waals surface area contributed by atoms with Crippen LogP contribution in [0.25, 0.3) is 99.5 Å². The molecule has 0 saturated carbocycles. The number of benzene rings is 9. The van der Waals surface area contributed by atoms with Crippen LogP contribution in [0.4, 0.5) is 0 Å². The summed E-state index contributed by atoms with van der Waals surface area (Å²) in [6.07, 6.45) is 0. The van der Waals surface area contributed by atoms with E-state index < -0.39 is 0 Å². The lowest BCUT2D eigenvalue weighted by atomic mass is 9.82. The average molecular weight is 816 g/mol. The van der Waals surface area contributed by atoms with Crippen molar-refractivity contribution in [2.45, 2.75) is 13.8 Å². The van der Waals surface area contributed by atoms with Crippen LogP contribution in [0.15, 0.2) is 188 Å². The van der Waals surface area contributed by atoms with E-state index in [1.165, 1.54) is 0 Å². The Labute approximate surface area is 370 Å². The molecular formula is C59H37N5. The van der Waals surface area contributed by atoms with Crippen LogP contribution in [0.5, 0.6) is 0 Å². The number of aryl methyl sites for hydroxylation is 1. The van der Waals surface area contributed by atoms with Gasteiger partial charge in [0.2, 0.25) is 0 Å². The number of aromatic nitrogens is 2. The number of nitriles is 3. The van der Waals surface area contributed by atoms with E-state index >= 15 is 0 Å². The van der Waals surface area contributed by atoms with Crippen LogP contribution in [0, 0.1) is 47.8 Å². The highest BCUT2D eigenvalue weighted by Gasteiger charge is 2.32. The van der Waals surface area contributed by atoms with Crippen molar-refractivity contribution in [3.63, 3.8) is 0 Å². The Hall–Kier alpha value is -8.95. The molecule has 9 aromatic carbocycles. The van der Waals surface area contributed by atoms with Crippen molar-refractivity contribution in [3.05, 3.63) is 216 Å². The smallest absolute Gasteiger partial charge is 0.102 e. The second-order valence-corrected chi connectivity index (χ2v) is 16.2. The van der Waals surface area contributed by atoms with Crippen LogP contribution in [-0.4, -0.2) is 9.13 Å². The van der Waals surface area contributed by atoms with E-state index in [-0.39, 0.29) is 0 Å². The van der Waals surface area contributed by atoms with Gasteiger partial charge in [-0.3, -0.25) is 0 Å². The minimum absolute atomic E-state index is 0.491. The molecule has 5 heteroatoms. The Bertz CT molecular complexity index is 3750. The summed E-state index contributed by atoms with van der Waals surface area (Å²) in [5.74, 6) is 0. The zero-order chi connectivity index (χ0) is 43.5. The monoisotopic (exact) mass is 815 g/mol. The topological polar surface area (TPSA) is 81.2 Å². The van der Waals surface area contributed by atoms with Crippen LogP contribution in [-0.2, 0) is 0 Å². The zero-order valence-electron chi connectivity index (χ0n) is 35.1. The zero-order valence-corrected chi connectivity index (χ0v) is 35.1. The average Bonchev–Trinajstić information content (AvgIpc) is 3.86. The molecule has 0 bridgehead atoms. The van der Waals surface area contributed by atoms with Crippen LogP contribution < -0.4 is 0 Å². The summed E-state index contributed by atoms with van der Waals surface area (Å²) in [7, 11) is 0. The van der Waals surface area contributed by atoms with E-state index in [4.69, 9.17) is 0 Å². The number of hydrogen-bond donors (Lipinski definition) is 0. The first-order chi connectivity index (χ1) is 31.5.